The Morgan fingerprint density at radius 2 is 2.17 bits per heavy atom. The number of nitrogens with zero attached hydrogens (tertiary/aromatic N) is 2. The molecule has 1 fully saturated rings. The van der Waals surface area contributed by atoms with E-state index >= 15 is 0 Å². The summed E-state index contributed by atoms with van der Waals surface area (Å²) in [5.41, 5.74) is 0.502. The number of hydrogen-bond donors (Lipinski definition) is 1. The highest BCUT2D eigenvalue weighted by Gasteiger charge is 2.46. The van der Waals surface area contributed by atoms with E-state index in [0.29, 0.717) is 18.0 Å². The van der Waals surface area contributed by atoms with Crippen LogP contribution in [0.25, 0.3) is 0 Å². The Labute approximate surface area is 132 Å². The molecule has 1 aromatic rings. The van der Waals surface area contributed by atoms with Crippen molar-refractivity contribution in [2.45, 2.75) is 44.6 Å². The van der Waals surface area contributed by atoms with Crippen LogP contribution in [-0.2, 0) is 11.3 Å². The van der Waals surface area contributed by atoms with Gasteiger partial charge in [0.1, 0.15) is 6.04 Å². The molecule has 2 atom stereocenters. The van der Waals surface area contributed by atoms with Crippen molar-refractivity contribution in [2.75, 3.05) is 13.7 Å². The summed E-state index contributed by atoms with van der Waals surface area (Å²) in [6.45, 7) is 1.56. The van der Waals surface area contributed by atoms with E-state index in [2.05, 4.69) is 10.3 Å². The molecule has 23 heavy (non-hydrogen) atoms. The average Bonchev–Trinajstić information content (AvgIpc) is 2.45. The number of alkyl halides is 3. The number of rotatable bonds is 4. The largest absolute Gasteiger partial charge is 0.481 e. The Balaban J connectivity index is 2.15. The van der Waals surface area contributed by atoms with Crippen molar-refractivity contribution >= 4 is 5.91 Å². The molecular formula is C15H20F3N3O2. The molecule has 1 aliphatic rings. The Kier molecular flexibility index (Phi) is 5.46. The predicted octanol–water partition coefficient (Wildman–Crippen LogP) is 2.12. The van der Waals surface area contributed by atoms with Gasteiger partial charge in [-0.3, -0.25) is 9.69 Å². The summed E-state index contributed by atoms with van der Waals surface area (Å²) < 4.78 is 44.8. The second kappa shape index (κ2) is 7.16. The van der Waals surface area contributed by atoms with Crippen LogP contribution in [0.3, 0.4) is 0 Å². The molecule has 0 saturated carbocycles. The van der Waals surface area contributed by atoms with Gasteiger partial charge in [0.05, 0.1) is 12.8 Å². The summed E-state index contributed by atoms with van der Waals surface area (Å²) in [5, 5.41) is 2.70. The fourth-order valence-electron chi connectivity index (χ4n) is 2.86. The number of hydrogen-bond acceptors (Lipinski definition) is 4. The van der Waals surface area contributed by atoms with Gasteiger partial charge in [-0.1, -0.05) is 6.07 Å². The van der Waals surface area contributed by atoms with Gasteiger partial charge in [-0.2, -0.15) is 13.2 Å². The highest BCUT2D eigenvalue weighted by Crippen LogP contribution is 2.32. The van der Waals surface area contributed by atoms with Crippen LogP contribution in [0.2, 0.25) is 0 Å². The van der Waals surface area contributed by atoms with Crippen molar-refractivity contribution in [1.82, 2.24) is 15.2 Å². The standard InChI is InChI=1S/C15H20F3N3O2/c1-10(22)19-12-6-7-13(15(16,17)18)21(9-12)8-11-4-3-5-14(20-11)23-2/h3-5,12-13H,6-9H2,1-2H3,(H,19,22)/t12-,13-/m1/s1. The SMILES string of the molecule is COc1cccc(CN2C[C@H](NC(C)=O)CC[C@@H]2C(F)(F)F)n1. The van der Waals surface area contributed by atoms with Crippen molar-refractivity contribution in [3.8, 4) is 5.88 Å². The number of piperidine rings is 1. The van der Waals surface area contributed by atoms with Gasteiger partial charge >= 0.3 is 6.18 Å². The topological polar surface area (TPSA) is 54.5 Å². The molecule has 0 aliphatic carbocycles. The summed E-state index contributed by atoms with van der Waals surface area (Å²) in [6, 6.07) is 3.19. The molecule has 1 amide bonds. The van der Waals surface area contributed by atoms with E-state index in [9.17, 15) is 18.0 Å². The molecule has 2 rings (SSSR count). The van der Waals surface area contributed by atoms with E-state index in [1.54, 1.807) is 18.2 Å². The maximum atomic E-state index is 13.3. The van der Waals surface area contributed by atoms with Crippen LogP contribution in [0, 0.1) is 0 Å². The molecule has 5 nitrogen and oxygen atoms in total. The number of carbonyl (C=O) groups excluding carboxylic acids is 1. The zero-order chi connectivity index (χ0) is 17.0. The number of methoxy groups -OCH3 is 1. The van der Waals surface area contributed by atoms with Crippen LogP contribution >= 0.6 is 0 Å². The molecule has 2 heterocycles. The Hall–Kier alpha value is -1.83. The first-order valence-corrected chi connectivity index (χ1v) is 7.37. The molecule has 0 aromatic carbocycles. The Bertz CT molecular complexity index is 551. The summed E-state index contributed by atoms with van der Waals surface area (Å²) in [7, 11) is 1.46. The van der Waals surface area contributed by atoms with Gasteiger partial charge in [0.25, 0.3) is 0 Å². The lowest BCUT2D eigenvalue weighted by atomic mass is 9.97. The highest BCUT2D eigenvalue weighted by atomic mass is 19.4. The van der Waals surface area contributed by atoms with Gasteiger partial charge < -0.3 is 10.1 Å². The summed E-state index contributed by atoms with van der Waals surface area (Å²) in [4.78, 5) is 16.7. The van der Waals surface area contributed by atoms with E-state index in [4.69, 9.17) is 4.74 Å². The maximum Gasteiger partial charge on any atom is 0.404 e. The monoisotopic (exact) mass is 331 g/mol. The second-order valence-corrected chi connectivity index (χ2v) is 5.63. The van der Waals surface area contributed by atoms with Gasteiger partial charge in [-0.25, -0.2) is 4.98 Å². The number of pyridine rings is 1. The molecule has 0 radical (unpaired) electrons. The van der Waals surface area contributed by atoms with Crippen LogP contribution in [-0.4, -0.2) is 47.7 Å². The highest BCUT2D eigenvalue weighted by molar-refractivity contribution is 5.73. The Morgan fingerprint density at radius 1 is 1.43 bits per heavy atom. The van der Waals surface area contributed by atoms with Crippen molar-refractivity contribution < 1.29 is 22.7 Å². The van der Waals surface area contributed by atoms with Gasteiger partial charge in [-0.15, -0.1) is 0 Å². The van der Waals surface area contributed by atoms with Crippen LogP contribution in [0.1, 0.15) is 25.5 Å². The quantitative estimate of drug-likeness (QED) is 0.918. The molecule has 0 unspecified atom stereocenters. The molecule has 128 valence electrons. The summed E-state index contributed by atoms with van der Waals surface area (Å²) in [5.74, 6) is 0.126. The second-order valence-electron chi connectivity index (χ2n) is 5.63. The van der Waals surface area contributed by atoms with Gasteiger partial charge in [-0.05, 0) is 18.9 Å². The summed E-state index contributed by atoms with van der Waals surface area (Å²) in [6.07, 6.45) is -4.04. The normalized spacial score (nSPS) is 22.7. The predicted molar refractivity (Wildman–Crippen MR) is 77.9 cm³/mol. The van der Waals surface area contributed by atoms with Gasteiger partial charge in [0.2, 0.25) is 11.8 Å². The number of amides is 1. The number of nitrogens with one attached hydrogen (secondary N) is 1. The minimum Gasteiger partial charge on any atom is -0.481 e. The maximum absolute atomic E-state index is 13.3. The Morgan fingerprint density at radius 3 is 2.78 bits per heavy atom. The van der Waals surface area contributed by atoms with Gasteiger partial charge in [0.15, 0.2) is 0 Å². The third-order valence-corrected chi connectivity index (χ3v) is 3.82. The molecule has 1 aromatic heterocycles. The zero-order valence-electron chi connectivity index (χ0n) is 13.1. The van der Waals surface area contributed by atoms with Crippen LogP contribution < -0.4 is 10.1 Å². The number of likely N-dealkylation sites (tertiary alicyclic amines) is 1. The summed E-state index contributed by atoms with van der Waals surface area (Å²) >= 11 is 0. The van der Waals surface area contributed by atoms with Crippen LogP contribution in [0.5, 0.6) is 5.88 Å². The minimum absolute atomic E-state index is 0.0432. The molecule has 1 aliphatic heterocycles. The first-order chi connectivity index (χ1) is 10.8. The number of ether oxygens (including phenoxy) is 1. The molecule has 0 bridgehead atoms. The minimum atomic E-state index is -4.31. The number of halogens is 3. The number of carbonyl (C=O) groups is 1. The van der Waals surface area contributed by atoms with Crippen molar-refractivity contribution in [3.05, 3.63) is 23.9 Å². The van der Waals surface area contributed by atoms with E-state index in [1.807, 2.05) is 0 Å². The lowest BCUT2D eigenvalue weighted by Crippen LogP contribution is -2.55. The lowest BCUT2D eigenvalue weighted by Gasteiger charge is -2.40. The lowest BCUT2D eigenvalue weighted by molar-refractivity contribution is -0.194. The first-order valence-electron chi connectivity index (χ1n) is 7.37. The van der Waals surface area contributed by atoms with Gasteiger partial charge in [0, 0.05) is 32.1 Å². The van der Waals surface area contributed by atoms with Crippen molar-refractivity contribution in [3.63, 3.8) is 0 Å². The molecule has 0 spiro atoms. The third kappa shape index (κ3) is 4.82. The smallest absolute Gasteiger partial charge is 0.404 e. The van der Waals surface area contributed by atoms with E-state index in [-0.39, 0.29) is 31.5 Å². The molecule has 1 saturated heterocycles. The van der Waals surface area contributed by atoms with E-state index in [1.165, 1.54) is 18.9 Å². The molecule has 1 N–H and O–H groups in total. The third-order valence-electron chi connectivity index (χ3n) is 3.82. The van der Waals surface area contributed by atoms with Crippen molar-refractivity contribution in [1.29, 1.82) is 0 Å². The van der Waals surface area contributed by atoms with Crippen LogP contribution in [0.4, 0.5) is 13.2 Å². The van der Waals surface area contributed by atoms with Crippen molar-refractivity contribution in [2.24, 2.45) is 0 Å². The van der Waals surface area contributed by atoms with Crippen LogP contribution in [0.15, 0.2) is 18.2 Å². The van der Waals surface area contributed by atoms with E-state index < -0.39 is 12.2 Å². The first kappa shape index (κ1) is 17.5. The fourth-order valence-corrected chi connectivity index (χ4v) is 2.86. The van der Waals surface area contributed by atoms with E-state index in [0.717, 1.165) is 0 Å². The molecule has 8 heteroatoms. The molecular weight excluding hydrogens is 311 g/mol. The fraction of sp³-hybridized carbons (Fsp3) is 0.600. The average molecular weight is 331 g/mol. The zero-order valence-corrected chi connectivity index (χ0v) is 13.1. The number of aromatic nitrogens is 1.